The van der Waals surface area contributed by atoms with Gasteiger partial charge in [-0.1, -0.05) is 91.0 Å². The van der Waals surface area contributed by atoms with Crippen molar-refractivity contribution in [2.24, 2.45) is 10.1 Å². The standard InChI is InChI=1S/C30H29BrN4O2S/c1-2-3-4-5-6-14-27-34-35-28(32)25(29(36)33-30(35)38-27)18-22-17-23(31)15-16-26(22)37-19-21-12-9-11-20-10-7-8-13-24(20)21/h7-13,15-18,32H,2-6,14,19H2,1H3/b25-18-,32-28?. The lowest BCUT2D eigenvalue weighted by atomic mass is 10.1. The molecule has 0 unspecified atom stereocenters. The normalized spacial score (nSPS) is 16.2. The topological polar surface area (TPSA) is 78.1 Å². The Morgan fingerprint density at radius 1 is 1.05 bits per heavy atom. The highest BCUT2D eigenvalue weighted by molar-refractivity contribution is 9.10. The van der Waals surface area contributed by atoms with E-state index in [1.807, 2.05) is 36.4 Å². The number of hydrazone groups is 1. The van der Waals surface area contributed by atoms with Gasteiger partial charge < -0.3 is 4.74 Å². The smallest absolute Gasteiger partial charge is 0.283 e. The van der Waals surface area contributed by atoms with Gasteiger partial charge in [-0.2, -0.15) is 15.1 Å². The largest absolute Gasteiger partial charge is 0.488 e. The van der Waals surface area contributed by atoms with Gasteiger partial charge in [0.25, 0.3) is 5.91 Å². The summed E-state index contributed by atoms with van der Waals surface area (Å²) >= 11 is 4.92. The Kier molecular flexibility index (Phi) is 8.39. The van der Waals surface area contributed by atoms with Gasteiger partial charge in [-0.15, -0.1) is 0 Å². The molecule has 2 aliphatic rings. The molecule has 0 aromatic heterocycles. The van der Waals surface area contributed by atoms with Gasteiger partial charge in [-0.25, -0.2) is 0 Å². The van der Waals surface area contributed by atoms with Crippen molar-refractivity contribution in [1.29, 1.82) is 5.41 Å². The third-order valence-corrected chi connectivity index (χ3v) is 7.99. The van der Waals surface area contributed by atoms with Crippen molar-refractivity contribution < 1.29 is 9.53 Å². The first-order valence-corrected chi connectivity index (χ1v) is 14.5. The summed E-state index contributed by atoms with van der Waals surface area (Å²) < 4.78 is 7.09. The van der Waals surface area contributed by atoms with Crippen molar-refractivity contribution in [3.8, 4) is 5.75 Å². The van der Waals surface area contributed by atoms with Crippen LogP contribution in [0.1, 0.15) is 56.6 Å². The Morgan fingerprint density at radius 2 is 1.87 bits per heavy atom. The second-order valence-corrected chi connectivity index (χ2v) is 11.2. The summed E-state index contributed by atoms with van der Waals surface area (Å²) in [5, 5.41) is 18.5. The molecule has 194 valence electrons. The molecule has 8 heteroatoms. The van der Waals surface area contributed by atoms with Crippen molar-refractivity contribution in [2.75, 3.05) is 0 Å². The third kappa shape index (κ3) is 5.92. The van der Waals surface area contributed by atoms with Gasteiger partial charge in [0.05, 0.1) is 5.57 Å². The van der Waals surface area contributed by atoms with E-state index in [-0.39, 0.29) is 11.4 Å². The van der Waals surface area contributed by atoms with E-state index in [2.05, 4.69) is 57.2 Å². The molecule has 5 rings (SSSR count). The number of carbonyl (C=O) groups excluding carboxylic acids is 1. The van der Waals surface area contributed by atoms with Crippen molar-refractivity contribution in [2.45, 2.75) is 52.1 Å². The number of benzene rings is 3. The van der Waals surface area contributed by atoms with Crippen LogP contribution in [0.3, 0.4) is 0 Å². The molecular weight excluding hydrogens is 560 g/mol. The molecule has 1 N–H and O–H groups in total. The monoisotopic (exact) mass is 588 g/mol. The van der Waals surface area contributed by atoms with Crippen molar-refractivity contribution >= 4 is 66.5 Å². The van der Waals surface area contributed by atoms with Crippen LogP contribution in [-0.4, -0.2) is 27.0 Å². The third-order valence-electron chi connectivity index (χ3n) is 6.53. The van der Waals surface area contributed by atoms with E-state index >= 15 is 0 Å². The Hall–Kier alpha value is -3.23. The van der Waals surface area contributed by atoms with E-state index in [9.17, 15) is 4.79 Å². The Morgan fingerprint density at radius 3 is 2.74 bits per heavy atom. The van der Waals surface area contributed by atoms with E-state index < -0.39 is 5.91 Å². The molecule has 0 saturated heterocycles. The predicted molar refractivity (Wildman–Crippen MR) is 161 cm³/mol. The van der Waals surface area contributed by atoms with E-state index in [0.29, 0.717) is 23.1 Å². The number of nitrogens with one attached hydrogen (secondary N) is 1. The van der Waals surface area contributed by atoms with Crippen LogP contribution in [0.4, 0.5) is 0 Å². The molecule has 2 heterocycles. The van der Waals surface area contributed by atoms with E-state index in [0.717, 1.165) is 45.1 Å². The Labute approximate surface area is 235 Å². The number of rotatable bonds is 10. The minimum Gasteiger partial charge on any atom is -0.488 e. The van der Waals surface area contributed by atoms with Crippen molar-refractivity contribution in [3.63, 3.8) is 0 Å². The number of nitrogens with zero attached hydrogens (tertiary/aromatic N) is 3. The van der Waals surface area contributed by atoms with Gasteiger partial charge in [0.2, 0.25) is 5.17 Å². The highest BCUT2D eigenvalue weighted by atomic mass is 79.9. The lowest BCUT2D eigenvalue weighted by Gasteiger charge is -2.20. The first-order valence-electron chi connectivity index (χ1n) is 12.9. The van der Waals surface area contributed by atoms with E-state index in [4.69, 9.17) is 10.1 Å². The number of hydrogen-bond donors (Lipinski definition) is 1. The summed E-state index contributed by atoms with van der Waals surface area (Å²) in [6.45, 7) is 2.58. The number of halogens is 1. The second kappa shape index (κ2) is 12.1. The van der Waals surface area contributed by atoms with E-state index in [1.54, 1.807) is 6.08 Å². The van der Waals surface area contributed by atoms with Gasteiger partial charge in [0, 0.05) is 10.0 Å². The molecule has 0 fully saturated rings. The second-order valence-electron chi connectivity index (χ2n) is 9.29. The number of amidine groups is 2. The summed E-state index contributed by atoms with van der Waals surface area (Å²) in [6.07, 6.45) is 8.40. The fourth-order valence-corrected chi connectivity index (χ4v) is 5.81. The molecule has 0 bridgehead atoms. The molecule has 2 aliphatic heterocycles. The van der Waals surface area contributed by atoms with Gasteiger partial charge >= 0.3 is 0 Å². The minimum atomic E-state index is -0.437. The summed E-state index contributed by atoms with van der Waals surface area (Å²) in [7, 11) is 0. The van der Waals surface area contributed by atoms with Gasteiger partial charge in [-0.05, 0) is 65.2 Å². The number of unbranched alkanes of at least 4 members (excludes halogenated alkanes) is 4. The van der Waals surface area contributed by atoms with Gasteiger partial charge in [-0.3, -0.25) is 10.2 Å². The molecule has 0 aliphatic carbocycles. The zero-order valence-electron chi connectivity index (χ0n) is 21.2. The predicted octanol–water partition coefficient (Wildman–Crippen LogP) is 8.16. The molecule has 6 nitrogen and oxygen atoms in total. The molecule has 3 aromatic rings. The number of amides is 1. The van der Waals surface area contributed by atoms with Crippen molar-refractivity contribution in [1.82, 2.24) is 5.01 Å². The molecule has 38 heavy (non-hydrogen) atoms. The zero-order valence-corrected chi connectivity index (χ0v) is 23.6. The molecule has 0 radical (unpaired) electrons. The van der Waals surface area contributed by atoms with Gasteiger partial charge in [0.15, 0.2) is 5.84 Å². The average Bonchev–Trinajstić information content (AvgIpc) is 3.33. The lowest BCUT2D eigenvalue weighted by molar-refractivity contribution is -0.114. The highest BCUT2D eigenvalue weighted by Crippen LogP contribution is 2.32. The van der Waals surface area contributed by atoms with E-state index in [1.165, 1.54) is 36.0 Å². The molecule has 3 aromatic carbocycles. The van der Waals surface area contributed by atoms with Crippen LogP contribution in [-0.2, 0) is 11.4 Å². The quantitative estimate of drug-likeness (QED) is 0.191. The number of thioether (sulfide) groups is 1. The summed E-state index contributed by atoms with van der Waals surface area (Å²) in [4.78, 5) is 17.2. The molecule has 0 atom stereocenters. The first-order chi connectivity index (χ1) is 18.5. The summed E-state index contributed by atoms with van der Waals surface area (Å²) in [5.41, 5.74) is 1.96. The average molecular weight is 590 g/mol. The Bertz CT molecular complexity index is 1470. The zero-order chi connectivity index (χ0) is 26.5. The van der Waals surface area contributed by atoms with Crippen LogP contribution >= 0.6 is 27.7 Å². The minimum absolute atomic E-state index is 0.0356. The lowest BCUT2D eigenvalue weighted by Crippen LogP contribution is -2.35. The van der Waals surface area contributed by atoms with Crippen LogP contribution in [0, 0.1) is 5.41 Å². The fourth-order valence-electron chi connectivity index (χ4n) is 4.51. The van der Waals surface area contributed by atoms with Gasteiger partial charge in [0.1, 0.15) is 17.4 Å². The summed E-state index contributed by atoms with van der Waals surface area (Å²) in [6, 6.07) is 20.0. The maximum absolute atomic E-state index is 13.0. The number of carbonyl (C=O) groups is 1. The number of hydrogen-bond acceptors (Lipinski definition) is 5. The van der Waals surface area contributed by atoms with Crippen LogP contribution in [0.25, 0.3) is 16.8 Å². The number of ether oxygens (including phenoxy) is 1. The maximum Gasteiger partial charge on any atom is 0.283 e. The molecule has 0 spiro atoms. The number of fused-ring (bicyclic) bond motifs is 2. The molecule has 0 saturated carbocycles. The first kappa shape index (κ1) is 26.4. The van der Waals surface area contributed by atoms with Crippen LogP contribution in [0.15, 0.2) is 80.8 Å². The van der Waals surface area contributed by atoms with Crippen LogP contribution in [0.2, 0.25) is 0 Å². The molecular formula is C30H29BrN4O2S. The maximum atomic E-state index is 13.0. The van der Waals surface area contributed by atoms with Crippen LogP contribution < -0.4 is 4.74 Å². The van der Waals surface area contributed by atoms with Crippen LogP contribution in [0.5, 0.6) is 5.75 Å². The number of aliphatic imine (C=N–C) groups is 1. The van der Waals surface area contributed by atoms with Crippen molar-refractivity contribution in [3.05, 3.63) is 81.8 Å². The summed E-state index contributed by atoms with van der Waals surface area (Å²) in [5.74, 6) is 0.220. The fraction of sp³-hybridized carbons (Fsp3) is 0.267. The Balaban J connectivity index is 1.35. The SMILES string of the molecule is CCCCCCCC1=NN2C(=N)/C(=C/c3cc(Br)ccc3OCc3cccc4ccccc34)C(=O)N=C2S1. The molecule has 1 amide bonds. The highest BCUT2D eigenvalue weighted by Gasteiger charge is 2.35.